The Morgan fingerprint density at radius 3 is 2.90 bits per heavy atom. The molecule has 114 valence electrons. The second-order valence-electron chi connectivity index (χ2n) is 5.35. The average Bonchev–Trinajstić information content (AvgIpc) is 3.11. The highest BCUT2D eigenvalue weighted by Gasteiger charge is 2.22. The molecule has 0 radical (unpaired) electrons. The summed E-state index contributed by atoms with van der Waals surface area (Å²) in [4.78, 5) is 0.281. The van der Waals surface area contributed by atoms with Gasteiger partial charge in [0, 0.05) is 32.4 Å². The Kier molecular flexibility index (Phi) is 5.17. The third-order valence-electron chi connectivity index (χ3n) is 3.43. The van der Waals surface area contributed by atoms with Gasteiger partial charge in [-0.15, -0.1) is 0 Å². The summed E-state index contributed by atoms with van der Waals surface area (Å²) in [5, 5.41) is 7.57. The van der Waals surface area contributed by atoms with Crippen molar-refractivity contribution in [3.63, 3.8) is 0 Å². The summed E-state index contributed by atoms with van der Waals surface area (Å²) in [6.07, 6.45) is 7.40. The summed E-state index contributed by atoms with van der Waals surface area (Å²) in [5.74, 6) is 0. The van der Waals surface area contributed by atoms with Crippen LogP contribution >= 0.6 is 0 Å². The van der Waals surface area contributed by atoms with Crippen molar-refractivity contribution in [1.29, 1.82) is 0 Å². The van der Waals surface area contributed by atoms with Crippen molar-refractivity contribution in [1.82, 2.24) is 19.4 Å². The lowest BCUT2D eigenvalue weighted by Gasteiger charge is -2.14. The van der Waals surface area contributed by atoms with Crippen molar-refractivity contribution in [2.24, 2.45) is 0 Å². The van der Waals surface area contributed by atoms with Crippen molar-refractivity contribution >= 4 is 10.0 Å². The Morgan fingerprint density at radius 2 is 2.25 bits per heavy atom. The number of nitrogens with zero attached hydrogens (tertiary/aromatic N) is 3. The van der Waals surface area contributed by atoms with Gasteiger partial charge in [0.15, 0.2) is 0 Å². The summed E-state index contributed by atoms with van der Waals surface area (Å²) in [5.41, 5.74) is 0. The normalized spacial score (nSPS) is 15.9. The molecule has 1 aliphatic carbocycles. The number of sulfonamides is 1. The van der Waals surface area contributed by atoms with Crippen LogP contribution in [0, 0.1) is 0 Å². The Balaban J connectivity index is 1.86. The van der Waals surface area contributed by atoms with Gasteiger partial charge >= 0.3 is 0 Å². The van der Waals surface area contributed by atoms with Crippen LogP contribution in [0.15, 0.2) is 17.3 Å². The predicted molar refractivity (Wildman–Crippen MR) is 78.0 cm³/mol. The van der Waals surface area contributed by atoms with Gasteiger partial charge in [-0.3, -0.25) is 4.68 Å². The highest BCUT2D eigenvalue weighted by Crippen LogP contribution is 2.18. The zero-order chi connectivity index (χ0) is 14.6. The minimum absolute atomic E-state index is 0.281. The number of rotatable bonds is 9. The fourth-order valence-electron chi connectivity index (χ4n) is 2.05. The standard InChI is InChI=1S/C13H24N4O2S/c1-3-8-16(2)20(18,19)13-10-15-17(11-13)9-4-7-14-12-5-6-12/h10-12,14H,3-9H2,1-2H3. The van der Waals surface area contributed by atoms with Gasteiger partial charge in [0.05, 0.1) is 6.20 Å². The Bertz CT molecular complexity index is 522. The summed E-state index contributed by atoms with van der Waals surface area (Å²) in [6, 6.07) is 0.714. The quantitative estimate of drug-likeness (QED) is 0.692. The van der Waals surface area contributed by atoms with E-state index in [-0.39, 0.29) is 4.90 Å². The van der Waals surface area contributed by atoms with E-state index in [1.165, 1.54) is 23.3 Å². The van der Waals surface area contributed by atoms with Crippen molar-refractivity contribution < 1.29 is 8.42 Å². The molecule has 0 saturated heterocycles. The van der Waals surface area contributed by atoms with Gasteiger partial charge < -0.3 is 5.32 Å². The topological polar surface area (TPSA) is 67.2 Å². The highest BCUT2D eigenvalue weighted by atomic mass is 32.2. The van der Waals surface area contributed by atoms with Crippen LogP contribution in [0.3, 0.4) is 0 Å². The number of aromatic nitrogens is 2. The molecule has 0 unspecified atom stereocenters. The van der Waals surface area contributed by atoms with Gasteiger partial charge in [-0.25, -0.2) is 12.7 Å². The van der Waals surface area contributed by atoms with E-state index < -0.39 is 10.0 Å². The monoisotopic (exact) mass is 300 g/mol. The SMILES string of the molecule is CCCN(C)S(=O)(=O)c1cnn(CCCNC2CC2)c1. The molecule has 1 fully saturated rings. The molecule has 1 aromatic rings. The van der Waals surface area contributed by atoms with E-state index in [1.54, 1.807) is 17.9 Å². The van der Waals surface area contributed by atoms with Gasteiger partial charge in [0.1, 0.15) is 4.90 Å². The molecule has 0 aliphatic heterocycles. The maximum Gasteiger partial charge on any atom is 0.245 e. The second kappa shape index (κ2) is 6.69. The molecule has 1 heterocycles. The van der Waals surface area contributed by atoms with E-state index in [1.807, 2.05) is 6.92 Å². The maximum atomic E-state index is 12.2. The molecule has 1 saturated carbocycles. The minimum atomic E-state index is -3.38. The van der Waals surface area contributed by atoms with Crippen molar-refractivity contribution in [3.05, 3.63) is 12.4 Å². The minimum Gasteiger partial charge on any atom is -0.314 e. The molecule has 1 aromatic heterocycles. The van der Waals surface area contributed by atoms with E-state index >= 15 is 0 Å². The zero-order valence-corrected chi connectivity index (χ0v) is 13.1. The molecule has 20 heavy (non-hydrogen) atoms. The smallest absolute Gasteiger partial charge is 0.245 e. The van der Waals surface area contributed by atoms with Crippen LogP contribution in [0.4, 0.5) is 0 Å². The van der Waals surface area contributed by atoms with Crippen LogP contribution in [-0.2, 0) is 16.6 Å². The van der Waals surface area contributed by atoms with Gasteiger partial charge in [-0.2, -0.15) is 5.10 Å². The third kappa shape index (κ3) is 4.04. The highest BCUT2D eigenvalue weighted by molar-refractivity contribution is 7.89. The Labute approximate surface area is 121 Å². The summed E-state index contributed by atoms with van der Waals surface area (Å²) in [6.45, 7) is 4.19. The second-order valence-corrected chi connectivity index (χ2v) is 7.39. The zero-order valence-electron chi connectivity index (χ0n) is 12.2. The van der Waals surface area contributed by atoms with Crippen LogP contribution in [0.2, 0.25) is 0 Å². The molecule has 7 heteroatoms. The molecule has 0 spiro atoms. The van der Waals surface area contributed by atoms with Crippen LogP contribution < -0.4 is 5.32 Å². The molecule has 1 N–H and O–H groups in total. The van der Waals surface area contributed by atoms with Crippen LogP contribution in [0.1, 0.15) is 32.6 Å². The van der Waals surface area contributed by atoms with Crippen LogP contribution in [-0.4, -0.2) is 48.7 Å². The van der Waals surface area contributed by atoms with Gasteiger partial charge in [0.2, 0.25) is 10.0 Å². The van der Waals surface area contributed by atoms with Gasteiger partial charge in [0.25, 0.3) is 0 Å². The van der Waals surface area contributed by atoms with Crippen molar-refractivity contribution in [2.75, 3.05) is 20.1 Å². The first kappa shape index (κ1) is 15.5. The van der Waals surface area contributed by atoms with Gasteiger partial charge in [-0.1, -0.05) is 6.92 Å². The summed E-state index contributed by atoms with van der Waals surface area (Å²) in [7, 11) is -1.77. The van der Waals surface area contributed by atoms with E-state index in [2.05, 4.69) is 10.4 Å². The molecular weight excluding hydrogens is 276 g/mol. The lowest BCUT2D eigenvalue weighted by atomic mass is 10.4. The third-order valence-corrected chi connectivity index (χ3v) is 5.24. The van der Waals surface area contributed by atoms with Crippen LogP contribution in [0.25, 0.3) is 0 Å². The predicted octanol–water partition coefficient (Wildman–Crippen LogP) is 1.06. The number of aryl methyl sites for hydroxylation is 1. The first-order valence-corrected chi connectivity index (χ1v) is 8.70. The molecular formula is C13H24N4O2S. The lowest BCUT2D eigenvalue weighted by Crippen LogP contribution is -2.27. The van der Waals surface area contributed by atoms with Gasteiger partial charge in [-0.05, 0) is 32.2 Å². The van der Waals surface area contributed by atoms with E-state index in [9.17, 15) is 8.42 Å². The molecule has 0 aromatic carbocycles. The maximum absolute atomic E-state index is 12.2. The number of hydrogen-bond donors (Lipinski definition) is 1. The van der Waals surface area contributed by atoms with Crippen molar-refractivity contribution in [2.45, 2.75) is 50.1 Å². The first-order valence-electron chi connectivity index (χ1n) is 7.26. The summed E-state index contributed by atoms with van der Waals surface area (Å²) < 4.78 is 27.5. The van der Waals surface area contributed by atoms with Crippen molar-refractivity contribution in [3.8, 4) is 0 Å². The molecule has 2 rings (SSSR count). The number of hydrogen-bond acceptors (Lipinski definition) is 4. The fourth-order valence-corrected chi connectivity index (χ4v) is 3.27. The Hall–Kier alpha value is -0.920. The summed E-state index contributed by atoms with van der Waals surface area (Å²) >= 11 is 0. The average molecular weight is 300 g/mol. The van der Waals surface area contributed by atoms with E-state index in [0.29, 0.717) is 12.6 Å². The largest absolute Gasteiger partial charge is 0.314 e. The molecule has 0 bridgehead atoms. The van der Waals surface area contributed by atoms with E-state index in [4.69, 9.17) is 0 Å². The number of nitrogens with one attached hydrogen (secondary N) is 1. The first-order chi connectivity index (χ1) is 9.54. The van der Waals surface area contributed by atoms with E-state index in [0.717, 1.165) is 25.9 Å². The fraction of sp³-hybridized carbons (Fsp3) is 0.769. The van der Waals surface area contributed by atoms with Crippen LogP contribution in [0.5, 0.6) is 0 Å². The lowest BCUT2D eigenvalue weighted by molar-refractivity contribution is 0.468. The Morgan fingerprint density at radius 1 is 1.50 bits per heavy atom. The molecule has 6 nitrogen and oxygen atoms in total. The molecule has 0 amide bonds. The molecule has 0 atom stereocenters. The molecule has 1 aliphatic rings.